The fourth-order valence-electron chi connectivity index (χ4n) is 1.41. The molecule has 0 aliphatic carbocycles. The second-order valence-corrected chi connectivity index (χ2v) is 4.60. The minimum Gasteiger partial charge on any atom is -0.364 e. The Morgan fingerprint density at radius 2 is 2.19 bits per heavy atom. The molecule has 1 aromatic rings. The van der Waals surface area contributed by atoms with Crippen LogP contribution in [0.3, 0.4) is 0 Å². The molecule has 88 valence electrons. The van der Waals surface area contributed by atoms with Crippen LogP contribution in [0.25, 0.3) is 0 Å². The summed E-state index contributed by atoms with van der Waals surface area (Å²) >= 11 is 0. The molecule has 0 spiro atoms. The van der Waals surface area contributed by atoms with E-state index in [1.165, 1.54) is 6.07 Å². The Labute approximate surface area is 95.6 Å². The molecular weight excluding hydrogens is 228 g/mol. The van der Waals surface area contributed by atoms with Gasteiger partial charge in [-0.3, -0.25) is 4.79 Å². The van der Waals surface area contributed by atoms with E-state index in [0.29, 0.717) is 12.1 Å². The fourth-order valence-corrected chi connectivity index (χ4v) is 2.24. The number of rotatable bonds is 5. The zero-order chi connectivity index (χ0) is 12.1. The molecule has 1 aromatic heterocycles. The number of hydrogen-bond donors (Lipinski definition) is 2. The van der Waals surface area contributed by atoms with Crippen LogP contribution < -0.4 is 5.73 Å². The first kappa shape index (κ1) is 12.6. The van der Waals surface area contributed by atoms with Gasteiger partial charge in [-0.2, -0.15) is 0 Å². The van der Waals surface area contributed by atoms with Gasteiger partial charge in [0.05, 0.1) is 5.69 Å². The molecule has 1 unspecified atom stereocenters. The lowest BCUT2D eigenvalue weighted by atomic mass is 10.1. The molecule has 5 nitrogen and oxygen atoms in total. The molecule has 1 amide bonds. The number of aromatic nitrogens is 1. The third-order valence-electron chi connectivity index (χ3n) is 2.18. The molecule has 0 aliphatic heterocycles. The Kier molecular flexibility index (Phi) is 4.42. The standard InChI is InChI=1S/C10H14N2O3S/c1-2-4-9(16(14)15)7-5-3-6-8(12-7)10(11)13/h3,5-6,9,16H,2,4H2,1H3,(H2,11,13). The van der Waals surface area contributed by atoms with Gasteiger partial charge in [-0.1, -0.05) is 19.4 Å². The van der Waals surface area contributed by atoms with Crippen LogP contribution in [0.2, 0.25) is 0 Å². The largest absolute Gasteiger partial charge is 0.364 e. The van der Waals surface area contributed by atoms with Gasteiger partial charge in [0.15, 0.2) is 0 Å². The molecule has 0 aliphatic rings. The van der Waals surface area contributed by atoms with Crippen LogP contribution in [0, 0.1) is 0 Å². The number of carbonyl (C=O) groups excluding carboxylic acids is 1. The first-order valence-electron chi connectivity index (χ1n) is 4.96. The quantitative estimate of drug-likeness (QED) is 0.741. The number of primary amides is 1. The van der Waals surface area contributed by atoms with Crippen molar-refractivity contribution in [1.82, 2.24) is 4.98 Å². The smallest absolute Gasteiger partial charge is 0.267 e. The average molecular weight is 242 g/mol. The molecule has 0 bridgehead atoms. The summed E-state index contributed by atoms with van der Waals surface area (Å²) in [5.41, 5.74) is 5.56. The molecule has 0 saturated carbocycles. The first-order valence-corrected chi connectivity index (χ1v) is 6.21. The van der Waals surface area contributed by atoms with E-state index in [0.717, 1.165) is 6.42 Å². The number of hydrogen-bond acceptors (Lipinski definition) is 4. The van der Waals surface area contributed by atoms with E-state index < -0.39 is 21.9 Å². The van der Waals surface area contributed by atoms with E-state index in [1.54, 1.807) is 12.1 Å². The Balaban J connectivity index is 3.09. The van der Waals surface area contributed by atoms with Crippen molar-refractivity contribution in [3.8, 4) is 0 Å². The van der Waals surface area contributed by atoms with E-state index in [2.05, 4.69) is 4.98 Å². The van der Waals surface area contributed by atoms with Gasteiger partial charge in [0.2, 0.25) is 0 Å². The average Bonchev–Trinajstić information content (AvgIpc) is 2.25. The van der Waals surface area contributed by atoms with Crippen molar-refractivity contribution in [2.75, 3.05) is 0 Å². The Morgan fingerprint density at radius 1 is 1.50 bits per heavy atom. The van der Waals surface area contributed by atoms with Crippen molar-refractivity contribution < 1.29 is 13.2 Å². The predicted octanol–water partition coefficient (Wildman–Crippen LogP) is 0.633. The fraction of sp³-hybridized carbons (Fsp3) is 0.400. The number of pyridine rings is 1. The number of nitrogens with zero attached hydrogens (tertiary/aromatic N) is 1. The summed E-state index contributed by atoms with van der Waals surface area (Å²) in [7, 11) is -2.59. The summed E-state index contributed by atoms with van der Waals surface area (Å²) in [6.45, 7) is 1.89. The lowest BCUT2D eigenvalue weighted by molar-refractivity contribution is 0.0995. The van der Waals surface area contributed by atoms with E-state index in [-0.39, 0.29) is 5.69 Å². The van der Waals surface area contributed by atoms with Gasteiger partial charge >= 0.3 is 0 Å². The lowest BCUT2D eigenvalue weighted by Crippen LogP contribution is -2.15. The molecule has 6 heteroatoms. The Hall–Kier alpha value is -1.43. The normalized spacial score (nSPS) is 12.6. The molecule has 0 aromatic carbocycles. The molecule has 0 radical (unpaired) electrons. The van der Waals surface area contributed by atoms with Crippen LogP contribution in [-0.4, -0.2) is 19.3 Å². The second kappa shape index (κ2) is 5.60. The van der Waals surface area contributed by atoms with Crippen LogP contribution >= 0.6 is 0 Å². The lowest BCUT2D eigenvalue weighted by Gasteiger charge is -2.08. The van der Waals surface area contributed by atoms with Gasteiger partial charge < -0.3 is 5.73 Å². The molecular formula is C10H14N2O3S. The minimum atomic E-state index is -2.59. The third kappa shape index (κ3) is 3.03. The van der Waals surface area contributed by atoms with Gasteiger partial charge in [0.1, 0.15) is 21.6 Å². The summed E-state index contributed by atoms with van der Waals surface area (Å²) in [6.07, 6.45) is 1.23. The highest BCUT2D eigenvalue weighted by molar-refractivity contribution is 7.72. The highest BCUT2D eigenvalue weighted by atomic mass is 32.2. The van der Waals surface area contributed by atoms with Crippen LogP contribution in [0.4, 0.5) is 0 Å². The van der Waals surface area contributed by atoms with Crippen molar-refractivity contribution >= 4 is 16.6 Å². The van der Waals surface area contributed by atoms with Crippen LogP contribution in [0.5, 0.6) is 0 Å². The molecule has 0 saturated heterocycles. The number of carbonyl (C=O) groups is 1. The topological polar surface area (TPSA) is 90.1 Å². The molecule has 2 N–H and O–H groups in total. The van der Waals surface area contributed by atoms with Gasteiger partial charge in [0.25, 0.3) is 5.91 Å². The van der Waals surface area contributed by atoms with Crippen LogP contribution in [0.15, 0.2) is 18.2 Å². The maximum atomic E-state index is 11.1. The van der Waals surface area contributed by atoms with E-state index in [4.69, 9.17) is 5.73 Å². The third-order valence-corrected chi connectivity index (χ3v) is 3.21. The number of amides is 1. The first-order chi connectivity index (χ1) is 7.56. The van der Waals surface area contributed by atoms with E-state index >= 15 is 0 Å². The monoisotopic (exact) mass is 242 g/mol. The SMILES string of the molecule is CCCC(c1cccc(C(N)=O)n1)[SH](=O)=O. The molecule has 1 heterocycles. The van der Waals surface area contributed by atoms with Crippen LogP contribution in [-0.2, 0) is 10.7 Å². The van der Waals surface area contributed by atoms with Crippen molar-refractivity contribution in [2.45, 2.75) is 25.0 Å². The zero-order valence-electron chi connectivity index (χ0n) is 8.92. The van der Waals surface area contributed by atoms with Gasteiger partial charge in [-0.05, 0) is 18.6 Å². The summed E-state index contributed by atoms with van der Waals surface area (Å²) in [5, 5.41) is -0.640. The maximum Gasteiger partial charge on any atom is 0.267 e. The van der Waals surface area contributed by atoms with Crippen molar-refractivity contribution in [2.24, 2.45) is 5.73 Å². The van der Waals surface area contributed by atoms with E-state index in [9.17, 15) is 13.2 Å². The number of nitrogens with two attached hydrogens (primary N) is 1. The van der Waals surface area contributed by atoms with Crippen molar-refractivity contribution in [1.29, 1.82) is 0 Å². The molecule has 16 heavy (non-hydrogen) atoms. The highest BCUT2D eigenvalue weighted by Crippen LogP contribution is 2.20. The molecule has 0 fully saturated rings. The minimum absolute atomic E-state index is 0.0930. The van der Waals surface area contributed by atoms with Gasteiger partial charge in [-0.25, -0.2) is 13.4 Å². The van der Waals surface area contributed by atoms with Gasteiger partial charge in [-0.15, -0.1) is 0 Å². The maximum absolute atomic E-state index is 11.1. The summed E-state index contributed by atoms with van der Waals surface area (Å²) in [5.74, 6) is -0.654. The second-order valence-electron chi connectivity index (χ2n) is 3.40. The summed E-state index contributed by atoms with van der Waals surface area (Å²) in [4.78, 5) is 14.9. The predicted molar refractivity (Wildman–Crippen MR) is 60.7 cm³/mol. The Bertz CT molecular complexity index is 449. The van der Waals surface area contributed by atoms with Crippen LogP contribution in [0.1, 0.15) is 41.2 Å². The van der Waals surface area contributed by atoms with E-state index in [1.807, 2.05) is 6.92 Å². The summed E-state index contributed by atoms with van der Waals surface area (Å²) < 4.78 is 22.1. The molecule has 1 atom stereocenters. The van der Waals surface area contributed by atoms with Crippen molar-refractivity contribution in [3.63, 3.8) is 0 Å². The zero-order valence-corrected chi connectivity index (χ0v) is 9.81. The van der Waals surface area contributed by atoms with Gasteiger partial charge in [0, 0.05) is 0 Å². The summed E-state index contributed by atoms with van der Waals surface area (Å²) in [6, 6.07) is 4.65. The molecule has 1 rings (SSSR count). The highest BCUT2D eigenvalue weighted by Gasteiger charge is 2.16. The number of thiol groups is 1. The Morgan fingerprint density at radius 3 is 2.69 bits per heavy atom. The van der Waals surface area contributed by atoms with Crippen molar-refractivity contribution in [3.05, 3.63) is 29.6 Å².